The molecule has 0 amide bonds. The zero-order valence-electron chi connectivity index (χ0n) is 16.8. The molecule has 5 rings (SSSR count). The van der Waals surface area contributed by atoms with Crippen molar-refractivity contribution in [2.45, 2.75) is 82.4 Å². The quantitative estimate of drug-likeness (QED) is 0.682. The molecule has 4 aliphatic rings. The Labute approximate surface area is 166 Å². The van der Waals surface area contributed by atoms with Crippen LogP contribution in [-0.4, -0.2) is 16.7 Å². The molecule has 2 bridgehead atoms. The first kappa shape index (κ1) is 19.0. The number of hydrogen-bond donors (Lipinski definition) is 1. The highest BCUT2D eigenvalue weighted by Crippen LogP contribution is 2.59. The maximum Gasteiger partial charge on any atom is 0.210 e. The van der Waals surface area contributed by atoms with Crippen molar-refractivity contribution in [3.8, 4) is 0 Å². The number of ether oxygens (including phenoxy) is 1. The lowest BCUT2D eigenvalue weighted by Crippen LogP contribution is -2.54. The number of benzene rings is 1. The molecule has 3 saturated carbocycles. The number of halogens is 1. The van der Waals surface area contributed by atoms with Gasteiger partial charge in [-0.1, -0.05) is 26.0 Å². The molecule has 1 saturated heterocycles. The van der Waals surface area contributed by atoms with E-state index in [2.05, 4.69) is 13.8 Å². The lowest BCUT2D eigenvalue weighted by Gasteiger charge is -2.50. The van der Waals surface area contributed by atoms with Crippen LogP contribution in [0.3, 0.4) is 0 Å². The highest BCUT2D eigenvalue weighted by molar-refractivity contribution is 5.24. The number of fused-ring (bicyclic) bond motifs is 3. The topological polar surface area (TPSA) is 47.9 Å². The molecule has 1 aromatic carbocycles. The fourth-order valence-electron chi connectivity index (χ4n) is 6.41. The third kappa shape index (κ3) is 2.94. The third-order valence-electron chi connectivity index (χ3n) is 7.87. The first-order valence-corrected chi connectivity index (χ1v) is 10.9. The molecule has 1 heterocycles. The molecule has 4 nitrogen and oxygen atoms in total. The van der Waals surface area contributed by atoms with Crippen LogP contribution in [0.5, 0.6) is 0 Å². The van der Waals surface area contributed by atoms with Crippen molar-refractivity contribution in [2.24, 2.45) is 23.7 Å². The van der Waals surface area contributed by atoms with Crippen LogP contribution in [0.4, 0.5) is 4.39 Å². The van der Waals surface area contributed by atoms with E-state index in [-0.39, 0.29) is 5.82 Å². The van der Waals surface area contributed by atoms with Crippen LogP contribution in [0.25, 0.3) is 0 Å². The molecule has 4 fully saturated rings. The number of hydrogen-bond acceptors (Lipinski definition) is 4. The zero-order valence-corrected chi connectivity index (χ0v) is 16.8. The summed E-state index contributed by atoms with van der Waals surface area (Å²) in [4.78, 5) is 12.0. The molecule has 1 N–H and O–H groups in total. The van der Waals surface area contributed by atoms with Crippen LogP contribution in [-0.2, 0) is 20.1 Å². The SMILES string of the molecule is CC1CC2CC(C)C3(OOC4(CCC(O)(c5ccc(F)cc5)CC4)O3)C(C1)C2. The van der Waals surface area contributed by atoms with E-state index in [9.17, 15) is 9.50 Å². The molecule has 5 heteroatoms. The molecule has 28 heavy (non-hydrogen) atoms. The lowest BCUT2D eigenvalue weighted by molar-refractivity contribution is -0.381. The summed E-state index contributed by atoms with van der Waals surface area (Å²) in [6, 6.07) is 6.16. The normalized spacial score (nSPS) is 48.3. The van der Waals surface area contributed by atoms with Crippen LogP contribution in [0, 0.1) is 29.5 Å². The summed E-state index contributed by atoms with van der Waals surface area (Å²) in [5, 5.41) is 11.1. The van der Waals surface area contributed by atoms with Crippen LogP contribution >= 0.6 is 0 Å². The van der Waals surface area contributed by atoms with Crippen molar-refractivity contribution in [1.82, 2.24) is 0 Å². The summed E-state index contributed by atoms with van der Waals surface area (Å²) in [5.41, 5.74) is -0.211. The fraction of sp³-hybridized carbons (Fsp3) is 0.739. The van der Waals surface area contributed by atoms with Gasteiger partial charge in [-0.15, -0.1) is 0 Å². The van der Waals surface area contributed by atoms with Gasteiger partial charge >= 0.3 is 0 Å². The highest BCUT2D eigenvalue weighted by Gasteiger charge is 2.63. The van der Waals surface area contributed by atoms with E-state index in [0.29, 0.717) is 43.4 Å². The van der Waals surface area contributed by atoms with E-state index in [1.54, 1.807) is 12.1 Å². The monoisotopic (exact) mass is 390 g/mol. The van der Waals surface area contributed by atoms with Crippen molar-refractivity contribution in [2.75, 3.05) is 0 Å². The largest absolute Gasteiger partial charge is 0.385 e. The van der Waals surface area contributed by atoms with Gasteiger partial charge in [-0.05, 0) is 68.1 Å². The second-order valence-corrected chi connectivity index (χ2v) is 9.95. The Morgan fingerprint density at radius 1 is 0.929 bits per heavy atom. The Balaban J connectivity index is 1.33. The minimum absolute atomic E-state index is 0.288. The molecular formula is C23H31FO4. The molecular weight excluding hydrogens is 359 g/mol. The van der Waals surface area contributed by atoms with Crippen molar-refractivity contribution in [1.29, 1.82) is 0 Å². The van der Waals surface area contributed by atoms with E-state index in [1.165, 1.54) is 18.6 Å². The third-order valence-corrected chi connectivity index (χ3v) is 7.87. The Kier molecular flexibility index (Phi) is 4.40. The highest BCUT2D eigenvalue weighted by atomic mass is 19.1. The zero-order chi connectivity index (χ0) is 19.6. The van der Waals surface area contributed by atoms with E-state index in [4.69, 9.17) is 14.5 Å². The summed E-state index contributed by atoms with van der Waals surface area (Å²) < 4.78 is 19.9. The summed E-state index contributed by atoms with van der Waals surface area (Å²) in [7, 11) is 0. The summed E-state index contributed by atoms with van der Waals surface area (Å²) in [6.45, 7) is 4.56. The van der Waals surface area contributed by atoms with Gasteiger partial charge < -0.3 is 9.84 Å². The second-order valence-electron chi connectivity index (χ2n) is 9.95. The van der Waals surface area contributed by atoms with Gasteiger partial charge in [0.1, 0.15) is 5.82 Å². The Morgan fingerprint density at radius 2 is 1.64 bits per heavy atom. The van der Waals surface area contributed by atoms with Crippen LogP contribution < -0.4 is 0 Å². The van der Waals surface area contributed by atoms with Crippen LogP contribution in [0.1, 0.15) is 70.8 Å². The maximum atomic E-state index is 13.3. The number of rotatable bonds is 1. The fourth-order valence-corrected chi connectivity index (χ4v) is 6.41. The second kappa shape index (κ2) is 6.49. The minimum Gasteiger partial charge on any atom is -0.385 e. The van der Waals surface area contributed by atoms with Crippen molar-refractivity contribution in [3.05, 3.63) is 35.6 Å². The van der Waals surface area contributed by atoms with Gasteiger partial charge in [-0.3, -0.25) is 0 Å². The van der Waals surface area contributed by atoms with Gasteiger partial charge in [-0.25, -0.2) is 4.39 Å². The van der Waals surface area contributed by atoms with Gasteiger partial charge in [0.05, 0.1) is 5.60 Å². The summed E-state index contributed by atoms with van der Waals surface area (Å²) in [6.07, 6.45) is 6.88. The van der Waals surface area contributed by atoms with Crippen LogP contribution in [0.2, 0.25) is 0 Å². The first-order chi connectivity index (χ1) is 13.3. The molecule has 1 aromatic rings. The maximum absolute atomic E-state index is 13.3. The minimum atomic E-state index is -0.968. The molecule has 5 unspecified atom stereocenters. The smallest absolute Gasteiger partial charge is 0.210 e. The van der Waals surface area contributed by atoms with E-state index < -0.39 is 17.2 Å². The molecule has 154 valence electrons. The van der Waals surface area contributed by atoms with E-state index in [1.807, 2.05) is 0 Å². The van der Waals surface area contributed by atoms with Crippen molar-refractivity contribution < 1.29 is 24.0 Å². The number of aliphatic hydroxyl groups is 1. The van der Waals surface area contributed by atoms with E-state index >= 15 is 0 Å². The summed E-state index contributed by atoms with van der Waals surface area (Å²) in [5.74, 6) is 0.455. The average molecular weight is 390 g/mol. The van der Waals surface area contributed by atoms with Gasteiger partial charge in [-0.2, -0.15) is 9.78 Å². The summed E-state index contributed by atoms with van der Waals surface area (Å²) >= 11 is 0. The molecule has 0 aromatic heterocycles. The van der Waals surface area contributed by atoms with Crippen molar-refractivity contribution >= 4 is 0 Å². The molecule has 0 radical (unpaired) electrons. The Morgan fingerprint density at radius 3 is 2.36 bits per heavy atom. The van der Waals surface area contributed by atoms with E-state index in [0.717, 1.165) is 30.7 Å². The molecule has 2 spiro atoms. The average Bonchev–Trinajstić information content (AvgIpc) is 3.04. The van der Waals surface area contributed by atoms with Crippen LogP contribution in [0.15, 0.2) is 24.3 Å². The predicted molar refractivity (Wildman–Crippen MR) is 101 cm³/mol. The van der Waals surface area contributed by atoms with Gasteiger partial charge in [0, 0.05) is 24.7 Å². The standard InChI is InChI=1S/C23H31FO4/c1-15-11-17-13-16(2)23(19(12-15)14-17)26-22(27-28-23)9-7-21(25,8-10-22)18-3-5-20(24)6-4-18/h3-6,15-17,19,25H,7-14H2,1-2H3. The Bertz CT molecular complexity index is 723. The molecule has 5 atom stereocenters. The van der Waals surface area contributed by atoms with Gasteiger partial charge in [0.25, 0.3) is 0 Å². The van der Waals surface area contributed by atoms with Crippen molar-refractivity contribution in [3.63, 3.8) is 0 Å². The first-order valence-electron chi connectivity index (χ1n) is 10.9. The predicted octanol–water partition coefficient (Wildman–Crippen LogP) is 5.05. The molecule has 3 aliphatic carbocycles. The molecule has 1 aliphatic heterocycles. The van der Waals surface area contributed by atoms with Gasteiger partial charge in [0.15, 0.2) is 0 Å². The Hall–Kier alpha value is -1.01. The lowest BCUT2D eigenvalue weighted by atomic mass is 9.62. The van der Waals surface area contributed by atoms with Gasteiger partial charge in [0.2, 0.25) is 11.6 Å².